The van der Waals surface area contributed by atoms with Gasteiger partial charge < -0.3 is 0 Å². The molecule has 2 N–H and O–H groups in total. The number of nitrogens with zero attached hydrogens (tertiary/aromatic N) is 2. The quantitative estimate of drug-likeness (QED) is 0.469. The number of amides is 2. The lowest BCUT2D eigenvalue weighted by molar-refractivity contribution is -0.122. The van der Waals surface area contributed by atoms with Gasteiger partial charge in [0.2, 0.25) is 26.0 Å². The lowest BCUT2D eigenvalue weighted by atomic mass is 10.1. The van der Waals surface area contributed by atoms with Gasteiger partial charge in [0, 0.05) is 6.54 Å². The summed E-state index contributed by atoms with van der Waals surface area (Å²) < 4.78 is 51.6. The number of hydrogen-bond donors (Lipinski definition) is 1. The maximum Gasteiger partial charge on any atom is 0.252 e. The van der Waals surface area contributed by atoms with Gasteiger partial charge in [0.1, 0.15) is 6.04 Å². The number of imide groups is 1. The Labute approximate surface area is 210 Å². The Kier molecular flexibility index (Phi) is 6.84. The molecule has 0 spiro atoms. The van der Waals surface area contributed by atoms with Gasteiger partial charge in [-0.2, -0.15) is 4.31 Å². The van der Waals surface area contributed by atoms with Crippen LogP contribution in [-0.2, 0) is 36.2 Å². The average Bonchev–Trinajstić information content (AvgIpc) is 3.11. The van der Waals surface area contributed by atoms with Gasteiger partial charge in [-0.3, -0.25) is 9.59 Å². The Bertz CT molecular complexity index is 1520. The molecule has 1 unspecified atom stereocenters. The normalized spacial score (nSPS) is 16.7. The maximum atomic E-state index is 13.7. The molecule has 4 rings (SSSR count). The summed E-state index contributed by atoms with van der Waals surface area (Å²) in [5, 5.41) is 5.12. The van der Waals surface area contributed by atoms with Crippen molar-refractivity contribution in [1.82, 2.24) is 4.31 Å². The van der Waals surface area contributed by atoms with E-state index in [1.165, 1.54) is 36.4 Å². The largest absolute Gasteiger partial charge is 0.274 e. The number of carbonyl (C=O) groups excluding carboxylic acids is 2. The number of rotatable bonds is 7. The van der Waals surface area contributed by atoms with Crippen molar-refractivity contribution < 1.29 is 26.4 Å². The number of nitrogens with two attached hydrogens (primary N) is 1. The molecular weight excluding hydrogens is 502 g/mol. The van der Waals surface area contributed by atoms with Gasteiger partial charge in [0.15, 0.2) is 0 Å². The van der Waals surface area contributed by atoms with Gasteiger partial charge in [-0.1, -0.05) is 47.5 Å². The highest BCUT2D eigenvalue weighted by atomic mass is 32.2. The van der Waals surface area contributed by atoms with E-state index in [9.17, 15) is 26.4 Å². The zero-order chi connectivity index (χ0) is 26.3. The number of anilines is 1. The number of hydrogen-bond acceptors (Lipinski definition) is 6. The van der Waals surface area contributed by atoms with Gasteiger partial charge in [-0.05, 0) is 55.8 Å². The molecule has 3 aromatic carbocycles. The highest BCUT2D eigenvalue weighted by molar-refractivity contribution is 7.89. The van der Waals surface area contributed by atoms with Crippen molar-refractivity contribution in [2.75, 3.05) is 4.90 Å². The summed E-state index contributed by atoms with van der Waals surface area (Å²) in [6.07, 6.45) is -0.354. The van der Waals surface area contributed by atoms with Crippen LogP contribution in [0.15, 0.2) is 82.6 Å². The summed E-state index contributed by atoms with van der Waals surface area (Å²) in [5.74, 6) is -1.31. The Hall–Kier alpha value is -3.38. The summed E-state index contributed by atoms with van der Waals surface area (Å²) in [7, 11) is -8.12. The molecule has 0 radical (unpaired) electrons. The minimum atomic E-state index is -4.16. The molecule has 36 heavy (non-hydrogen) atoms. The standard InChI is InChI=1S/C25H25N3O6S2/c1-17-3-7-19(8-4-17)16-27(36(33,34)22-11-5-18(2)6-12-22)23-15-24(29)28(25(23)30)20-9-13-21(14-10-20)35(26,31)32/h3-14,23H,15-16H2,1-2H3,(H2,26,31,32). The van der Waals surface area contributed by atoms with Gasteiger partial charge in [-0.15, -0.1) is 0 Å². The predicted octanol–water partition coefficient (Wildman–Crippen LogP) is 2.47. The van der Waals surface area contributed by atoms with Crippen molar-refractivity contribution in [1.29, 1.82) is 0 Å². The Morgan fingerprint density at radius 1 is 0.806 bits per heavy atom. The highest BCUT2D eigenvalue weighted by Gasteiger charge is 2.47. The fourth-order valence-corrected chi connectivity index (χ4v) is 6.06. The third-order valence-electron chi connectivity index (χ3n) is 5.98. The van der Waals surface area contributed by atoms with E-state index in [1.807, 2.05) is 26.0 Å². The van der Waals surface area contributed by atoms with Crippen LogP contribution in [0.1, 0.15) is 23.1 Å². The van der Waals surface area contributed by atoms with Gasteiger partial charge in [-0.25, -0.2) is 26.9 Å². The molecule has 1 aliphatic heterocycles. The molecule has 1 fully saturated rings. The molecule has 2 amide bonds. The molecule has 1 aliphatic rings. The first-order chi connectivity index (χ1) is 16.9. The molecule has 1 heterocycles. The van der Waals surface area contributed by atoms with E-state index in [1.54, 1.807) is 24.3 Å². The lowest BCUT2D eigenvalue weighted by Gasteiger charge is -2.27. The number of aryl methyl sites for hydroxylation is 2. The van der Waals surface area contributed by atoms with Crippen molar-refractivity contribution in [3.63, 3.8) is 0 Å². The van der Waals surface area contributed by atoms with E-state index in [-0.39, 0.29) is 28.4 Å². The van der Waals surface area contributed by atoms with Crippen molar-refractivity contribution >= 4 is 37.5 Å². The topological polar surface area (TPSA) is 135 Å². The number of benzene rings is 3. The Morgan fingerprint density at radius 3 is 1.83 bits per heavy atom. The zero-order valence-electron chi connectivity index (χ0n) is 19.7. The van der Waals surface area contributed by atoms with E-state index in [4.69, 9.17) is 5.14 Å². The molecular formula is C25H25N3O6S2. The van der Waals surface area contributed by atoms with E-state index < -0.39 is 37.9 Å². The first-order valence-corrected chi connectivity index (χ1v) is 14.0. The molecule has 1 atom stereocenters. The third-order valence-corrected chi connectivity index (χ3v) is 8.78. The minimum Gasteiger partial charge on any atom is -0.274 e. The van der Waals surface area contributed by atoms with Gasteiger partial charge in [0.25, 0.3) is 5.91 Å². The highest BCUT2D eigenvalue weighted by Crippen LogP contribution is 2.31. The number of sulfonamides is 2. The fraction of sp³-hybridized carbons (Fsp3) is 0.200. The van der Waals surface area contributed by atoms with Crippen molar-refractivity contribution in [2.24, 2.45) is 5.14 Å². The van der Waals surface area contributed by atoms with Crippen LogP contribution in [0.3, 0.4) is 0 Å². The molecule has 0 aliphatic carbocycles. The van der Waals surface area contributed by atoms with Gasteiger partial charge >= 0.3 is 0 Å². The molecule has 188 valence electrons. The second-order valence-corrected chi connectivity index (χ2v) is 12.1. The minimum absolute atomic E-state index is 0.0106. The van der Waals surface area contributed by atoms with Crippen LogP contribution in [0.5, 0.6) is 0 Å². The number of carbonyl (C=O) groups is 2. The third kappa shape index (κ3) is 5.09. The SMILES string of the molecule is Cc1ccc(CN(C2CC(=O)N(c3ccc(S(N)(=O)=O)cc3)C2=O)S(=O)(=O)c2ccc(C)cc2)cc1. The van der Waals surface area contributed by atoms with Gasteiger partial charge in [0.05, 0.1) is 21.9 Å². The first-order valence-electron chi connectivity index (χ1n) is 11.0. The molecule has 1 saturated heterocycles. The summed E-state index contributed by atoms with van der Waals surface area (Å²) in [5.41, 5.74) is 2.66. The molecule has 0 aromatic heterocycles. The Balaban J connectivity index is 1.73. The number of primary sulfonamides is 1. The molecule has 0 saturated carbocycles. The summed E-state index contributed by atoms with van der Waals surface area (Å²) >= 11 is 0. The van der Waals surface area contributed by atoms with Crippen LogP contribution in [0, 0.1) is 13.8 Å². The van der Waals surface area contributed by atoms with Crippen LogP contribution >= 0.6 is 0 Å². The molecule has 11 heteroatoms. The van der Waals surface area contributed by atoms with E-state index >= 15 is 0 Å². The molecule has 9 nitrogen and oxygen atoms in total. The average molecular weight is 528 g/mol. The molecule has 3 aromatic rings. The maximum absolute atomic E-state index is 13.7. The molecule has 0 bridgehead atoms. The second kappa shape index (κ2) is 9.58. The fourth-order valence-electron chi connectivity index (χ4n) is 3.98. The summed E-state index contributed by atoms with van der Waals surface area (Å²) in [6.45, 7) is 3.62. The monoisotopic (exact) mass is 527 g/mol. The smallest absolute Gasteiger partial charge is 0.252 e. The van der Waals surface area contributed by atoms with Crippen molar-refractivity contribution in [3.8, 4) is 0 Å². The zero-order valence-corrected chi connectivity index (χ0v) is 21.3. The predicted molar refractivity (Wildman–Crippen MR) is 134 cm³/mol. The van der Waals surface area contributed by atoms with Crippen molar-refractivity contribution in [3.05, 3.63) is 89.5 Å². The summed E-state index contributed by atoms with van der Waals surface area (Å²) in [6, 6.07) is 17.2. The van der Waals surface area contributed by atoms with Crippen LogP contribution in [-0.4, -0.2) is 39.0 Å². The van der Waals surface area contributed by atoms with E-state index in [2.05, 4.69) is 0 Å². The van der Waals surface area contributed by atoms with Crippen molar-refractivity contribution in [2.45, 2.75) is 42.6 Å². The van der Waals surface area contributed by atoms with Crippen LogP contribution < -0.4 is 10.0 Å². The van der Waals surface area contributed by atoms with Crippen LogP contribution in [0.4, 0.5) is 5.69 Å². The Morgan fingerprint density at radius 2 is 1.31 bits per heavy atom. The van der Waals surface area contributed by atoms with E-state index in [0.29, 0.717) is 5.56 Å². The van der Waals surface area contributed by atoms with E-state index in [0.717, 1.165) is 20.3 Å². The second-order valence-electron chi connectivity index (χ2n) is 8.68. The van der Waals surface area contributed by atoms with Crippen LogP contribution in [0.2, 0.25) is 0 Å². The van der Waals surface area contributed by atoms with Crippen LogP contribution in [0.25, 0.3) is 0 Å². The summed E-state index contributed by atoms with van der Waals surface area (Å²) in [4.78, 5) is 27.1. The first kappa shape index (κ1) is 25.7. The lowest BCUT2D eigenvalue weighted by Crippen LogP contribution is -2.45.